The lowest BCUT2D eigenvalue weighted by molar-refractivity contribution is 0.441. The summed E-state index contributed by atoms with van der Waals surface area (Å²) in [6, 6.07) is 14.4. The fourth-order valence-electron chi connectivity index (χ4n) is 5.06. The van der Waals surface area contributed by atoms with Crippen LogP contribution in [0.3, 0.4) is 0 Å². The molecule has 0 aliphatic heterocycles. The van der Waals surface area contributed by atoms with Crippen LogP contribution in [-0.4, -0.2) is 10.2 Å². The Morgan fingerprint density at radius 2 is 1.03 bits per heavy atom. The van der Waals surface area contributed by atoms with Gasteiger partial charge in [0.2, 0.25) is 0 Å². The fraction of sp³-hybridized carbons (Fsp3) is 0.200. The Kier molecular flexibility index (Phi) is 5.47. The molecule has 0 bridgehead atoms. The first-order valence-electron chi connectivity index (χ1n) is 11.7. The molecule has 36 heavy (non-hydrogen) atoms. The Balaban J connectivity index is 1.93. The second kappa shape index (κ2) is 8.41. The summed E-state index contributed by atoms with van der Waals surface area (Å²) in [5.74, 6) is -1.72. The largest absolute Gasteiger partial charge is 0.507 e. The first-order valence-corrected chi connectivity index (χ1v) is 11.7. The number of benzene rings is 3. The Bertz CT molecular complexity index is 1680. The molecule has 0 spiro atoms. The van der Waals surface area contributed by atoms with Crippen molar-refractivity contribution in [2.24, 2.45) is 0 Å². The molecular weight excluding hydrogens is 456 g/mol. The second-order valence-electron chi connectivity index (χ2n) is 9.56. The van der Waals surface area contributed by atoms with Crippen LogP contribution in [0.15, 0.2) is 67.0 Å². The van der Waals surface area contributed by atoms with E-state index in [1.807, 2.05) is 45.0 Å². The molecule has 3 aromatic carbocycles. The van der Waals surface area contributed by atoms with Crippen LogP contribution < -0.4 is 11.3 Å². The van der Waals surface area contributed by atoms with Crippen LogP contribution in [0.1, 0.15) is 50.4 Å². The molecule has 0 aliphatic carbocycles. The quantitative estimate of drug-likeness (QED) is 0.304. The number of aromatic hydroxyl groups is 2. The van der Waals surface area contributed by atoms with E-state index in [0.29, 0.717) is 27.5 Å². The van der Waals surface area contributed by atoms with Crippen molar-refractivity contribution in [1.29, 1.82) is 0 Å². The summed E-state index contributed by atoms with van der Waals surface area (Å²) < 4.78 is 11.4. The molecule has 182 valence electrons. The predicted molar refractivity (Wildman–Crippen MR) is 139 cm³/mol. The van der Waals surface area contributed by atoms with E-state index in [9.17, 15) is 19.8 Å². The third-order valence-electron chi connectivity index (χ3n) is 6.68. The van der Waals surface area contributed by atoms with E-state index in [4.69, 9.17) is 8.83 Å². The van der Waals surface area contributed by atoms with Crippen LogP contribution in [0.25, 0.3) is 21.9 Å². The molecule has 0 radical (unpaired) electrons. The third-order valence-corrected chi connectivity index (χ3v) is 6.68. The van der Waals surface area contributed by atoms with Crippen LogP contribution in [0.5, 0.6) is 11.5 Å². The molecule has 2 N–H and O–H groups in total. The molecule has 6 heteroatoms. The molecule has 0 atom stereocenters. The number of rotatable bonds is 3. The fourth-order valence-corrected chi connectivity index (χ4v) is 5.06. The molecule has 0 fully saturated rings. The van der Waals surface area contributed by atoms with Gasteiger partial charge in [0, 0.05) is 0 Å². The molecule has 2 heterocycles. The van der Waals surface area contributed by atoms with Gasteiger partial charge in [-0.25, -0.2) is 9.59 Å². The van der Waals surface area contributed by atoms with Gasteiger partial charge in [-0.2, -0.15) is 0 Å². The minimum Gasteiger partial charge on any atom is -0.507 e. The summed E-state index contributed by atoms with van der Waals surface area (Å²) in [4.78, 5) is 26.8. The lowest BCUT2D eigenvalue weighted by Crippen LogP contribution is -2.21. The zero-order valence-corrected chi connectivity index (χ0v) is 20.7. The highest BCUT2D eigenvalue weighted by Gasteiger charge is 2.33. The van der Waals surface area contributed by atoms with Crippen molar-refractivity contribution in [3.05, 3.63) is 114 Å². The van der Waals surface area contributed by atoms with Gasteiger partial charge >= 0.3 is 11.3 Å². The van der Waals surface area contributed by atoms with Gasteiger partial charge in [0.15, 0.2) is 0 Å². The molecular formula is C30H26O6. The molecule has 5 rings (SSSR count). The van der Waals surface area contributed by atoms with Crippen molar-refractivity contribution in [3.8, 4) is 11.5 Å². The smallest absolute Gasteiger partial charge is 0.344 e. The highest BCUT2D eigenvalue weighted by atomic mass is 16.4. The van der Waals surface area contributed by atoms with Crippen LogP contribution in [0.4, 0.5) is 0 Å². The Morgan fingerprint density at radius 3 is 1.44 bits per heavy atom. The highest BCUT2D eigenvalue weighted by molar-refractivity contribution is 5.89. The van der Waals surface area contributed by atoms with E-state index in [1.54, 1.807) is 38.1 Å². The molecule has 0 amide bonds. The monoisotopic (exact) mass is 482 g/mol. The van der Waals surface area contributed by atoms with Gasteiger partial charge in [0.05, 0.1) is 27.8 Å². The molecule has 5 aromatic rings. The lowest BCUT2D eigenvalue weighted by Gasteiger charge is -2.20. The Morgan fingerprint density at radius 1 is 0.611 bits per heavy atom. The summed E-state index contributed by atoms with van der Waals surface area (Å²) in [5, 5.41) is 23.6. The molecule has 0 saturated carbocycles. The van der Waals surface area contributed by atoms with Crippen molar-refractivity contribution in [3.63, 3.8) is 0 Å². The summed E-state index contributed by atoms with van der Waals surface area (Å²) in [6.07, 6.45) is 0. The zero-order valence-electron chi connectivity index (χ0n) is 20.7. The standard InChI is InChI=1S/C30H26O6/c1-14-6-8-19(9-7-14)22(23-25(31)20-12-15(2)10-17(4)27(20)35-29(23)33)24-26(32)21-13-16(3)11-18(5)28(21)36-30(24)34/h6-13,22,31-32H,1-5H3. The van der Waals surface area contributed by atoms with E-state index in [0.717, 1.165) is 16.7 Å². The molecule has 0 unspecified atom stereocenters. The summed E-state index contributed by atoms with van der Waals surface area (Å²) in [5.41, 5.74) is 3.34. The van der Waals surface area contributed by atoms with Gasteiger partial charge in [-0.05, 0) is 74.6 Å². The molecule has 6 nitrogen and oxygen atoms in total. The average Bonchev–Trinajstić information content (AvgIpc) is 2.80. The zero-order chi connectivity index (χ0) is 25.9. The van der Waals surface area contributed by atoms with Crippen LogP contribution in [-0.2, 0) is 0 Å². The van der Waals surface area contributed by atoms with E-state index in [1.165, 1.54) is 0 Å². The Labute approximate surface area is 207 Å². The van der Waals surface area contributed by atoms with Crippen molar-refractivity contribution < 1.29 is 19.0 Å². The summed E-state index contributed by atoms with van der Waals surface area (Å²) >= 11 is 0. The Hall–Kier alpha value is -4.32. The normalized spacial score (nSPS) is 11.6. The topological polar surface area (TPSA) is 101 Å². The predicted octanol–water partition coefficient (Wildman–Crippen LogP) is 6.03. The summed E-state index contributed by atoms with van der Waals surface area (Å²) in [6.45, 7) is 9.26. The van der Waals surface area contributed by atoms with Gasteiger partial charge in [-0.1, -0.05) is 42.0 Å². The van der Waals surface area contributed by atoms with Crippen LogP contribution in [0.2, 0.25) is 0 Å². The number of aryl methyl sites for hydroxylation is 5. The second-order valence-corrected chi connectivity index (χ2v) is 9.56. The van der Waals surface area contributed by atoms with Crippen molar-refractivity contribution in [1.82, 2.24) is 0 Å². The summed E-state index contributed by atoms with van der Waals surface area (Å²) in [7, 11) is 0. The van der Waals surface area contributed by atoms with Crippen molar-refractivity contribution in [2.45, 2.75) is 40.5 Å². The first-order chi connectivity index (χ1) is 17.1. The van der Waals surface area contributed by atoms with Gasteiger partial charge < -0.3 is 19.0 Å². The maximum absolute atomic E-state index is 13.4. The first kappa shape index (κ1) is 23.4. The highest BCUT2D eigenvalue weighted by Crippen LogP contribution is 2.43. The van der Waals surface area contributed by atoms with Crippen molar-refractivity contribution >= 4 is 21.9 Å². The maximum atomic E-state index is 13.4. The lowest BCUT2D eigenvalue weighted by atomic mass is 9.84. The van der Waals surface area contributed by atoms with E-state index >= 15 is 0 Å². The van der Waals surface area contributed by atoms with E-state index in [-0.39, 0.29) is 33.8 Å². The molecule has 2 aromatic heterocycles. The van der Waals surface area contributed by atoms with Gasteiger partial charge in [-0.3, -0.25) is 0 Å². The SMILES string of the molecule is Cc1ccc(C(c2c(O)c3cc(C)cc(C)c3oc2=O)c2c(O)c3cc(C)cc(C)c3oc2=O)cc1. The van der Waals surface area contributed by atoms with Gasteiger partial charge in [0.25, 0.3) is 0 Å². The average molecular weight is 483 g/mol. The number of hydrogen-bond donors (Lipinski definition) is 2. The molecule has 0 aliphatic rings. The maximum Gasteiger partial charge on any atom is 0.344 e. The van der Waals surface area contributed by atoms with Crippen molar-refractivity contribution in [2.75, 3.05) is 0 Å². The molecule has 0 saturated heterocycles. The van der Waals surface area contributed by atoms with E-state index < -0.39 is 17.2 Å². The third kappa shape index (κ3) is 3.66. The van der Waals surface area contributed by atoms with Crippen LogP contribution in [0, 0.1) is 34.6 Å². The van der Waals surface area contributed by atoms with Gasteiger partial charge in [-0.15, -0.1) is 0 Å². The number of hydrogen-bond acceptors (Lipinski definition) is 6. The minimum atomic E-state index is -1.13. The van der Waals surface area contributed by atoms with Crippen LogP contribution >= 0.6 is 0 Å². The van der Waals surface area contributed by atoms with Gasteiger partial charge in [0.1, 0.15) is 22.7 Å². The number of fused-ring (bicyclic) bond motifs is 2. The van der Waals surface area contributed by atoms with E-state index in [2.05, 4.69) is 0 Å². The minimum absolute atomic E-state index is 0.136.